The van der Waals surface area contributed by atoms with E-state index in [9.17, 15) is 4.79 Å². The van der Waals surface area contributed by atoms with Crippen molar-refractivity contribution in [3.63, 3.8) is 0 Å². The SMILES string of the molecule is CCCO/N=C(\COc1cccc(C=O)c1)c1ccc(CC2=CC=CCC=C2)cc1. The van der Waals surface area contributed by atoms with Gasteiger partial charge >= 0.3 is 0 Å². The number of ether oxygens (including phenoxy) is 1. The Morgan fingerprint density at radius 2 is 2.00 bits per heavy atom. The molecule has 0 bridgehead atoms. The Bertz CT molecular complexity index is 952. The summed E-state index contributed by atoms with van der Waals surface area (Å²) in [6.45, 7) is 2.84. The van der Waals surface area contributed by atoms with E-state index in [1.54, 1.807) is 18.2 Å². The fourth-order valence-electron chi connectivity index (χ4n) is 3.00. The molecule has 0 unspecified atom stereocenters. The summed E-state index contributed by atoms with van der Waals surface area (Å²) in [6, 6.07) is 15.4. The molecule has 0 heterocycles. The van der Waals surface area contributed by atoms with Crippen LogP contribution in [0.2, 0.25) is 0 Å². The van der Waals surface area contributed by atoms with Crippen molar-refractivity contribution in [3.8, 4) is 5.75 Å². The van der Waals surface area contributed by atoms with Crippen LogP contribution in [-0.2, 0) is 11.3 Å². The lowest BCUT2D eigenvalue weighted by Gasteiger charge is -2.11. The topological polar surface area (TPSA) is 47.9 Å². The molecule has 4 nitrogen and oxygen atoms in total. The number of hydrogen-bond donors (Lipinski definition) is 0. The molecule has 0 amide bonds. The Balaban J connectivity index is 1.71. The van der Waals surface area contributed by atoms with Gasteiger partial charge < -0.3 is 9.57 Å². The zero-order valence-electron chi connectivity index (χ0n) is 17.3. The first-order valence-corrected chi connectivity index (χ1v) is 10.3. The average molecular weight is 402 g/mol. The van der Waals surface area contributed by atoms with Crippen LogP contribution >= 0.6 is 0 Å². The van der Waals surface area contributed by atoms with Crippen molar-refractivity contribution in [2.45, 2.75) is 26.2 Å². The smallest absolute Gasteiger partial charge is 0.150 e. The quantitative estimate of drug-likeness (QED) is 0.222. The second kappa shape index (κ2) is 11.6. The van der Waals surface area contributed by atoms with Gasteiger partial charge in [0.05, 0.1) is 0 Å². The van der Waals surface area contributed by atoms with Crippen LogP contribution in [0.3, 0.4) is 0 Å². The minimum atomic E-state index is 0.254. The van der Waals surface area contributed by atoms with Crippen LogP contribution in [0, 0.1) is 0 Å². The van der Waals surface area contributed by atoms with Crippen molar-refractivity contribution in [2.24, 2.45) is 5.16 Å². The predicted octanol–water partition coefficient (Wildman–Crippen LogP) is 5.69. The number of benzene rings is 2. The first kappa shape index (κ1) is 21.3. The lowest BCUT2D eigenvalue weighted by molar-refractivity contribution is 0.112. The van der Waals surface area contributed by atoms with E-state index in [4.69, 9.17) is 9.57 Å². The molecule has 0 aliphatic heterocycles. The number of hydrogen-bond acceptors (Lipinski definition) is 4. The molecule has 2 aromatic carbocycles. The maximum absolute atomic E-state index is 11.0. The number of rotatable bonds is 10. The van der Waals surface area contributed by atoms with Gasteiger partial charge in [-0.25, -0.2) is 0 Å². The standard InChI is InChI=1S/C26H27NO3/c1-2-16-30-27-26(20-29-25-11-7-10-23(18-25)19-28)24-14-12-22(13-15-24)17-21-8-5-3-4-6-9-21/h3,5-15,18-19H,2,4,16-17,20H2,1H3/b27-26+. The normalized spacial score (nSPS) is 13.5. The Kier molecular flexibility index (Phi) is 8.22. The van der Waals surface area contributed by atoms with Crippen molar-refractivity contribution in [2.75, 3.05) is 13.2 Å². The number of allylic oxidation sites excluding steroid dienone is 6. The van der Waals surface area contributed by atoms with E-state index in [-0.39, 0.29) is 6.61 Å². The summed E-state index contributed by atoms with van der Waals surface area (Å²) in [4.78, 5) is 16.4. The molecule has 154 valence electrons. The molecule has 0 fully saturated rings. The molecule has 0 N–H and O–H groups in total. The second-order valence-electron chi connectivity index (χ2n) is 7.03. The van der Waals surface area contributed by atoms with Gasteiger partial charge in [0.15, 0.2) is 0 Å². The Hall–Kier alpha value is -3.40. The van der Waals surface area contributed by atoms with Crippen molar-refractivity contribution in [1.29, 1.82) is 0 Å². The number of carbonyl (C=O) groups excluding carboxylic acids is 1. The predicted molar refractivity (Wildman–Crippen MR) is 121 cm³/mol. The van der Waals surface area contributed by atoms with Gasteiger partial charge in [-0.05, 0) is 42.5 Å². The number of aldehydes is 1. The average Bonchev–Trinajstić information content (AvgIpc) is 3.05. The summed E-state index contributed by atoms with van der Waals surface area (Å²) in [5.74, 6) is 0.625. The molecule has 1 aliphatic rings. The number of carbonyl (C=O) groups is 1. The monoisotopic (exact) mass is 401 g/mol. The van der Waals surface area contributed by atoms with Crippen LogP contribution in [0.4, 0.5) is 0 Å². The first-order chi connectivity index (χ1) is 14.8. The fourth-order valence-corrected chi connectivity index (χ4v) is 3.00. The van der Waals surface area contributed by atoms with Crippen LogP contribution in [0.15, 0.2) is 89.6 Å². The first-order valence-electron chi connectivity index (χ1n) is 10.3. The van der Waals surface area contributed by atoms with Crippen molar-refractivity contribution < 1.29 is 14.4 Å². The van der Waals surface area contributed by atoms with Crippen LogP contribution in [0.5, 0.6) is 5.75 Å². The zero-order valence-corrected chi connectivity index (χ0v) is 17.3. The van der Waals surface area contributed by atoms with E-state index in [0.29, 0.717) is 23.6 Å². The third kappa shape index (κ3) is 6.59. The summed E-state index contributed by atoms with van der Waals surface area (Å²) in [6.07, 6.45) is 14.3. The molecule has 3 rings (SSSR count). The van der Waals surface area contributed by atoms with E-state index >= 15 is 0 Å². The summed E-state index contributed by atoms with van der Waals surface area (Å²) >= 11 is 0. The van der Waals surface area contributed by atoms with Gasteiger partial charge in [0.2, 0.25) is 0 Å². The lowest BCUT2D eigenvalue weighted by atomic mass is 10.0. The second-order valence-corrected chi connectivity index (χ2v) is 7.03. The third-order valence-corrected chi connectivity index (χ3v) is 4.59. The molecule has 0 saturated heterocycles. The Labute approximate surface area is 178 Å². The van der Waals surface area contributed by atoms with Gasteiger partial charge in [-0.3, -0.25) is 4.79 Å². The van der Waals surface area contributed by atoms with Gasteiger partial charge in [-0.1, -0.05) is 78.9 Å². The minimum absolute atomic E-state index is 0.254. The summed E-state index contributed by atoms with van der Waals surface area (Å²) in [5.41, 5.74) is 4.76. The van der Waals surface area contributed by atoms with Crippen molar-refractivity contribution >= 4 is 12.0 Å². The molecule has 1 aliphatic carbocycles. The van der Waals surface area contributed by atoms with E-state index in [0.717, 1.165) is 31.1 Å². The fraction of sp³-hybridized carbons (Fsp3) is 0.231. The Morgan fingerprint density at radius 1 is 1.13 bits per heavy atom. The molecule has 4 heteroatoms. The largest absolute Gasteiger partial charge is 0.487 e. The van der Waals surface area contributed by atoms with E-state index < -0.39 is 0 Å². The van der Waals surface area contributed by atoms with Crippen LogP contribution in [-0.4, -0.2) is 25.2 Å². The van der Waals surface area contributed by atoms with Gasteiger partial charge in [-0.15, -0.1) is 0 Å². The summed E-state index contributed by atoms with van der Waals surface area (Å²) in [5, 5.41) is 4.29. The van der Waals surface area contributed by atoms with E-state index in [1.807, 2.05) is 25.1 Å². The molecule has 0 atom stereocenters. The van der Waals surface area contributed by atoms with Crippen LogP contribution in [0.25, 0.3) is 0 Å². The molecular formula is C26H27NO3. The highest BCUT2D eigenvalue weighted by molar-refractivity contribution is 6.01. The molecule has 0 spiro atoms. The lowest BCUT2D eigenvalue weighted by Crippen LogP contribution is -2.14. The van der Waals surface area contributed by atoms with Crippen molar-refractivity contribution in [1.82, 2.24) is 0 Å². The number of oxime groups is 1. The van der Waals surface area contributed by atoms with E-state index in [1.165, 1.54) is 11.1 Å². The molecule has 0 aromatic heterocycles. The number of nitrogens with zero attached hydrogens (tertiary/aromatic N) is 1. The molecule has 0 radical (unpaired) electrons. The molecule has 2 aromatic rings. The van der Waals surface area contributed by atoms with Gasteiger partial charge in [0, 0.05) is 11.1 Å². The van der Waals surface area contributed by atoms with Crippen LogP contribution in [0.1, 0.15) is 41.3 Å². The summed E-state index contributed by atoms with van der Waals surface area (Å²) < 4.78 is 5.87. The minimum Gasteiger partial charge on any atom is -0.487 e. The Morgan fingerprint density at radius 3 is 2.80 bits per heavy atom. The maximum Gasteiger partial charge on any atom is 0.150 e. The molecular weight excluding hydrogens is 374 g/mol. The summed E-state index contributed by atoms with van der Waals surface area (Å²) in [7, 11) is 0. The highest BCUT2D eigenvalue weighted by atomic mass is 16.6. The van der Waals surface area contributed by atoms with Gasteiger partial charge in [-0.2, -0.15) is 0 Å². The van der Waals surface area contributed by atoms with Gasteiger partial charge in [0.25, 0.3) is 0 Å². The zero-order chi connectivity index (χ0) is 21.0. The third-order valence-electron chi connectivity index (χ3n) is 4.59. The highest BCUT2D eigenvalue weighted by Crippen LogP contribution is 2.16. The van der Waals surface area contributed by atoms with Crippen molar-refractivity contribution in [3.05, 3.63) is 101 Å². The van der Waals surface area contributed by atoms with E-state index in [2.05, 4.69) is 47.7 Å². The molecule has 30 heavy (non-hydrogen) atoms. The van der Waals surface area contributed by atoms with Gasteiger partial charge in [0.1, 0.15) is 31.0 Å². The highest BCUT2D eigenvalue weighted by Gasteiger charge is 2.08. The maximum atomic E-state index is 11.0. The van der Waals surface area contributed by atoms with Crippen LogP contribution < -0.4 is 4.74 Å². The molecule has 0 saturated carbocycles.